The third kappa shape index (κ3) is 8.06. The van der Waals surface area contributed by atoms with Gasteiger partial charge in [-0.2, -0.15) is 0 Å². The molecule has 0 unspecified atom stereocenters. The molecule has 0 saturated carbocycles. The largest absolute Gasteiger partial charge is 0.508 e. The number of esters is 2. The van der Waals surface area contributed by atoms with E-state index in [1.807, 2.05) is 32.2 Å². The fourth-order valence-corrected chi connectivity index (χ4v) is 5.27. The van der Waals surface area contributed by atoms with E-state index in [-0.39, 0.29) is 30.5 Å². The number of rotatable bonds is 7. The number of fused-ring (bicyclic) bond motifs is 1. The summed E-state index contributed by atoms with van der Waals surface area (Å²) in [6.45, 7) is 12.7. The van der Waals surface area contributed by atoms with E-state index in [0.29, 0.717) is 4.88 Å². The Morgan fingerprint density at radius 1 is 1.08 bits per heavy atom. The number of phenolic OH excluding ortho intramolecular Hbond substituents is 1. The Kier molecular flexibility index (Phi) is 8.73. The second-order valence-corrected chi connectivity index (χ2v) is 12.6. The van der Waals surface area contributed by atoms with Gasteiger partial charge in [0.2, 0.25) is 5.91 Å². The molecule has 0 bridgehead atoms. The smallest absolute Gasteiger partial charge is 0.348 e. The third-order valence-corrected chi connectivity index (χ3v) is 7.09. The molecule has 0 fully saturated rings. The Bertz CT molecular complexity index is 1140. The van der Waals surface area contributed by atoms with Gasteiger partial charge in [-0.3, -0.25) is 4.79 Å². The van der Waals surface area contributed by atoms with Crippen LogP contribution in [0.5, 0.6) is 5.75 Å². The predicted octanol–water partition coefficient (Wildman–Crippen LogP) is 5.98. The van der Waals surface area contributed by atoms with E-state index in [1.165, 1.54) is 11.3 Å². The van der Waals surface area contributed by atoms with E-state index in [2.05, 4.69) is 0 Å². The van der Waals surface area contributed by atoms with Crippen LogP contribution in [0.15, 0.2) is 29.6 Å². The highest BCUT2D eigenvalue weighted by atomic mass is 32.1. The molecular weight excluding hydrogens is 490 g/mol. The predicted molar refractivity (Wildman–Crippen MR) is 144 cm³/mol. The van der Waals surface area contributed by atoms with Gasteiger partial charge < -0.3 is 19.5 Å². The molecule has 0 spiro atoms. The van der Waals surface area contributed by atoms with Crippen LogP contribution in [0, 0.1) is 0 Å². The van der Waals surface area contributed by atoms with Crippen LogP contribution in [0.4, 0.5) is 0 Å². The van der Waals surface area contributed by atoms with E-state index in [9.17, 15) is 19.5 Å². The lowest BCUT2D eigenvalue weighted by Crippen LogP contribution is -2.45. The Labute approximate surface area is 223 Å². The van der Waals surface area contributed by atoms with Crippen molar-refractivity contribution in [2.75, 3.05) is 0 Å². The average Bonchev–Trinajstić information content (AvgIpc) is 3.23. The molecule has 7 nitrogen and oxygen atoms in total. The molecule has 202 valence electrons. The summed E-state index contributed by atoms with van der Waals surface area (Å²) < 4.78 is 11.1. The van der Waals surface area contributed by atoms with Gasteiger partial charge in [-0.1, -0.05) is 6.07 Å². The lowest BCUT2D eigenvalue weighted by atomic mass is 9.80. The highest BCUT2D eigenvalue weighted by molar-refractivity contribution is 7.12. The van der Waals surface area contributed by atoms with Gasteiger partial charge in [-0.25, -0.2) is 9.59 Å². The SMILES string of the molecule is C[C@H](C(=O)OC(C)(C)C)N(Cc1csc(C(=O)OC(C)(C)C)c1)C(=O)C[C@H]1CCCc2cc(O)ccc21. The van der Waals surface area contributed by atoms with Gasteiger partial charge in [0.15, 0.2) is 0 Å². The van der Waals surface area contributed by atoms with Crippen LogP contribution in [0.2, 0.25) is 0 Å². The lowest BCUT2D eigenvalue weighted by Gasteiger charge is -2.32. The van der Waals surface area contributed by atoms with Crippen molar-refractivity contribution in [3.05, 3.63) is 51.2 Å². The zero-order valence-corrected chi connectivity index (χ0v) is 23.7. The molecule has 37 heavy (non-hydrogen) atoms. The molecule has 1 N–H and O–H groups in total. The van der Waals surface area contributed by atoms with Crippen LogP contribution in [0.25, 0.3) is 0 Å². The number of aromatic hydroxyl groups is 1. The Morgan fingerprint density at radius 2 is 1.76 bits per heavy atom. The van der Waals surface area contributed by atoms with Crippen molar-refractivity contribution < 1.29 is 29.0 Å². The number of hydrogen-bond donors (Lipinski definition) is 1. The topological polar surface area (TPSA) is 93.1 Å². The first kappa shape index (κ1) is 28.7. The van der Waals surface area contributed by atoms with Gasteiger partial charge in [0, 0.05) is 13.0 Å². The van der Waals surface area contributed by atoms with E-state index < -0.39 is 29.2 Å². The Hall–Kier alpha value is -2.87. The van der Waals surface area contributed by atoms with Crippen LogP contribution in [-0.4, -0.2) is 45.1 Å². The molecule has 1 heterocycles. The average molecular weight is 530 g/mol. The molecule has 1 aromatic carbocycles. The second-order valence-electron chi connectivity index (χ2n) is 11.7. The summed E-state index contributed by atoms with van der Waals surface area (Å²) in [5.74, 6) is -0.815. The first-order valence-corrected chi connectivity index (χ1v) is 13.7. The Morgan fingerprint density at radius 3 is 2.41 bits per heavy atom. The van der Waals surface area contributed by atoms with Crippen molar-refractivity contribution in [2.24, 2.45) is 0 Å². The summed E-state index contributed by atoms with van der Waals surface area (Å²) in [6, 6.07) is 6.25. The molecular formula is C29H39NO6S. The normalized spacial score (nSPS) is 16.5. The number of carbonyl (C=O) groups is 3. The fraction of sp³-hybridized carbons (Fsp3) is 0.552. The van der Waals surface area contributed by atoms with Crippen molar-refractivity contribution in [2.45, 2.75) is 104 Å². The molecule has 2 atom stereocenters. The van der Waals surface area contributed by atoms with Gasteiger partial charge in [0.05, 0.1) is 0 Å². The highest BCUT2D eigenvalue weighted by Gasteiger charge is 2.33. The minimum Gasteiger partial charge on any atom is -0.508 e. The standard InChI is InChI=1S/C29H39NO6S/c1-18(26(33)35-28(2,3)4)30(16-19-13-24(37-17-19)27(34)36-29(5,6)7)25(32)15-21-10-8-9-20-14-22(31)11-12-23(20)21/h11-14,17-18,21,31H,8-10,15-16H2,1-7H3/t18-,21-/m1/s1. The zero-order valence-electron chi connectivity index (χ0n) is 22.9. The van der Waals surface area contributed by atoms with Crippen molar-refractivity contribution in [3.8, 4) is 5.75 Å². The maximum absolute atomic E-state index is 13.7. The van der Waals surface area contributed by atoms with Gasteiger partial charge in [0.1, 0.15) is 27.9 Å². The Balaban J connectivity index is 1.83. The van der Waals surface area contributed by atoms with E-state index in [4.69, 9.17) is 9.47 Å². The zero-order chi connectivity index (χ0) is 27.5. The quantitative estimate of drug-likeness (QED) is 0.444. The molecule has 0 aliphatic heterocycles. The number of phenols is 1. The van der Waals surface area contributed by atoms with Gasteiger partial charge in [-0.15, -0.1) is 11.3 Å². The summed E-state index contributed by atoms with van der Waals surface area (Å²) in [6.07, 6.45) is 2.90. The third-order valence-electron chi connectivity index (χ3n) is 6.13. The van der Waals surface area contributed by atoms with Gasteiger partial charge in [-0.05, 0) is 114 Å². The van der Waals surface area contributed by atoms with Crippen LogP contribution in [-0.2, 0) is 32.0 Å². The summed E-state index contributed by atoms with van der Waals surface area (Å²) in [5.41, 5.74) is 1.60. The number of carbonyl (C=O) groups excluding carboxylic acids is 3. The molecule has 1 aromatic heterocycles. The molecule has 0 radical (unpaired) electrons. The highest BCUT2D eigenvalue weighted by Crippen LogP contribution is 2.36. The summed E-state index contributed by atoms with van der Waals surface area (Å²) >= 11 is 1.26. The minimum absolute atomic E-state index is 0.00462. The van der Waals surface area contributed by atoms with E-state index in [1.54, 1.807) is 50.8 Å². The maximum atomic E-state index is 13.7. The summed E-state index contributed by atoms with van der Waals surface area (Å²) in [4.78, 5) is 41.2. The lowest BCUT2D eigenvalue weighted by molar-refractivity contribution is -0.164. The molecule has 2 aromatic rings. The summed E-state index contributed by atoms with van der Waals surface area (Å²) in [5, 5.41) is 11.7. The minimum atomic E-state index is -0.806. The first-order chi connectivity index (χ1) is 17.1. The molecule has 1 amide bonds. The molecule has 8 heteroatoms. The number of hydrogen-bond acceptors (Lipinski definition) is 7. The monoisotopic (exact) mass is 529 g/mol. The van der Waals surface area contributed by atoms with Crippen molar-refractivity contribution in [3.63, 3.8) is 0 Å². The van der Waals surface area contributed by atoms with E-state index >= 15 is 0 Å². The molecule has 1 aliphatic carbocycles. The number of amides is 1. The van der Waals surface area contributed by atoms with Crippen LogP contribution in [0.3, 0.4) is 0 Å². The maximum Gasteiger partial charge on any atom is 0.348 e. The van der Waals surface area contributed by atoms with Crippen molar-refractivity contribution in [1.82, 2.24) is 4.90 Å². The van der Waals surface area contributed by atoms with E-state index in [0.717, 1.165) is 36.0 Å². The number of nitrogens with zero attached hydrogens (tertiary/aromatic N) is 1. The van der Waals surface area contributed by atoms with Crippen LogP contribution >= 0.6 is 11.3 Å². The number of aryl methyl sites for hydroxylation is 1. The van der Waals surface area contributed by atoms with Gasteiger partial charge in [0.25, 0.3) is 0 Å². The number of ether oxygens (including phenoxy) is 2. The van der Waals surface area contributed by atoms with Crippen LogP contribution in [0.1, 0.15) is 100 Å². The van der Waals surface area contributed by atoms with Crippen LogP contribution < -0.4 is 0 Å². The second kappa shape index (κ2) is 11.3. The number of thiophene rings is 1. The first-order valence-electron chi connectivity index (χ1n) is 12.8. The summed E-state index contributed by atoms with van der Waals surface area (Å²) in [7, 11) is 0. The van der Waals surface area contributed by atoms with Crippen molar-refractivity contribution in [1.29, 1.82) is 0 Å². The number of benzene rings is 1. The van der Waals surface area contributed by atoms with Crippen molar-refractivity contribution >= 4 is 29.2 Å². The molecule has 1 aliphatic rings. The van der Waals surface area contributed by atoms with Gasteiger partial charge >= 0.3 is 11.9 Å². The molecule has 3 rings (SSSR count). The molecule has 0 saturated heterocycles. The fourth-order valence-electron chi connectivity index (χ4n) is 4.49.